The SMILES string of the molecule is CCOc1cnc(C2=CCN(c3nc4c(c(NC(C)(C)COC(N)=O)n3)S(=O)CC4)CC2)nc1. The number of rotatable bonds is 8. The first-order valence-electron chi connectivity index (χ1n) is 11.1. The number of aryl methyl sites for hydroxylation is 1. The van der Waals surface area contributed by atoms with E-state index in [1.54, 1.807) is 12.4 Å². The zero-order valence-electron chi connectivity index (χ0n) is 19.5. The maximum Gasteiger partial charge on any atom is 0.404 e. The van der Waals surface area contributed by atoms with Crippen molar-refractivity contribution < 1.29 is 18.5 Å². The first kappa shape index (κ1) is 23.9. The van der Waals surface area contributed by atoms with E-state index in [0.717, 1.165) is 17.7 Å². The molecule has 3 N–H and O–H groups in total. The summed E-state index contributed by atoms with van der Waals surface area (Å²) in [5.74, 6) is 2.91. The van der Waals surface area contributed by atoms with Gasteiger partial charge in [0.2, 0.25) is 5.95 Å². The summed E-state index contributed by atoms with van der Waals surface area (Å²) in [5.41, 5.74) is 6.28. The highest BCUT2D eigenvalue weighted by Crippen LogP contribution is 2.32. The van der Waals surface area contributed by atoms with E-state index in [0.29, 0.717) is 60.1 Å². The van der Waals surface area contributed by atoms with Gasteiger partial charge < -0.3 is 25.4 Å². The fourth-order valence-electron chi connectivity index (χ4n) is 3.80. The Kier molecular flexibility index (Phi) is 6.96. The van der Waals surface area contributed by atoms with Crippen molar-refractivity contribution >= 4 is 34.2 Å². The van der Waals surface area contributed by atoms with Gasteiger partial charge in [0.25, 0.3) is 0 Å². The Morgan fingerprint density at radius 1 is 1.26 bits per heavy atom. The number of aromatic nitrogens is 4. The van der Waals surface area contributed by atoms with Crippen LogP contribution in [-0.4, -0.2) is 67.8 Å². The van der Waals surface area contributed by atoms with E-state index in [1.807, 2.05) is 20.8 Å². The second kappa shape index (κ2) is 9.92. The van der Waals surface area contributed by atoms with Crippen LogP contribution in [0, 0.1) is 0 Å². The predicted octanol–water partition coefficient (Wildman–Crippen LogP) is 1.91. The molecule has 4 rings (SSSR count). The summed E-state index contributed by atoms with van der Waals surface area (Å²) in [6.45, 7) is 7.53. The standard InChI is InChI=1S/C22H29N7O4S/c1-4-32-15-11-24-18(25-12-15)14-5-8-29(9-6-14)21-26-16-7-10-34(31)17(16)19(27-21)28-22(2,3)13-33-20(23)30/h5,11-12H,4,6-10,13H2,1-3H3,(H2,23,30)(H,26,27,28). The number of hydrogen-bond acceptors (Lipinski definition) is 10. The fourth-order valence-corrected chi connectivity index (χ4v) is 5.10. The minimum Gasteiger partial charge on any atom is -0.491 e. The van der Waals surface area contributed by atoms with Crippen LogP contribution in [0.2, 0.25) is 0 Å². The van der Waals surface area contributed by atoms with E-state index < -0.39 is 22.4 Å². The molecule has 4 heterocycles. The zero-order valence-corrected chi connectivity index (χ0v) is 20.4. The average molecular weight is 488 g/mol. The number of carbonyl (C=O) groups is 1. The van der Waals surface area contributed by atoms with Crippen LogP contribution in [0.3, 0.4) is 0 Å². The Morgan fingerprint density at radius 3 is 2.68 bits per heavy atom. The number of fused-ring (bicyclic) bond motifs is 1. The van der Waals surface area contributed by atoms with Gasteiger partial charge in [-0.2, -0.15) is 4.98 Å². The monoisotopic (exact) mass is 487 g/mol. The number of hydrogen-bond donors (Lipinski definition) is 2. The van der Waals surface area contributed by atoms with Crippen LogP contribution < -0.4 is 20.7 Å². The summed E-state index contributed by atoms with van der Waals surface area (Å²) in [7, 11) is -1.18. The van der Waals surface area contributed by atoms with Crippen molar-refractivity contribution in [1.82, 2.24) is 19.9 Å². The molecular formula is C22H29N7O4S. The molecule has 182 valence electrons. The second-order valence-corrected chi connectivity index (χ2v) is 10.2. The Balaban J connectivity index is 1.54. The molecule has 2 aromatic heterocycles. The molecule has 34 heavy (non-hydrogen) atoms. The number of ether oxygens (including phenoxy) is 2. The van der Waals surface area contributed by atoms with Gasteiger partial charge in [-0.25, -0.2) is 19.7 Å². The number of anilines is 2. The van der Waals surface area contributed by atoms with Crippen molar-refractivity contribution in [3.05, 3.63) is 30.0 Å². The summed E-state index contributed by atoms with van der Waals surface area (Å²) >= 11 is 0. The molecule has 0 aromatic carbocycles. The van der Waals surface area contributed by atoms with Crippen LogP contribution in [0.15, 0.2) is 23.4 Å². The van der Waals surface area contributed by atoms with E-state index in [-0.39, 0.29) is 6.61 Å². The molecule has 0 spiro atoms. The Bertz CT molecular complexity index is 1120. The maximum atomic E-state index is 12.6. The highest BCUT2D eigenvalue weighted by atomic mass is 32.2. The van der Waals surface area contributed by atoms with Gasteiger partial charge in [0.15, 0.2) is 11.6 Å². The lowest BCUT2D eigenvalue weighted by molar-refractivity contribution is 0.138. The molecule has 1 atom stereocenters. The number of nitrogens with one attached hydrogen (secondary N) is 1. The van der Waals surface area contributed by atoms with Gasteiger partial charge in [-0.3, -0.25) is 4.21 Å². The molecule has 0 saturated carbocycles. The first-order chi connectivity index (χ1) is 16.3. The van der Waals surface area contributed by atoms with Crippen LogP contribution in [0.4, 0.5) is 16.6 Å². The van der Waals surface area contributed by atoms with E-state index >= 15 is 0 Å². The minimum atomic E-state index is -1.18. The summed E-state index contributed by atoms with van der Waals surface area (Å²) < 4.78 is 23.0. The van der Waals surface area contributed by atoms with Gasteiger partial charge in [-0.15, -0.1) is 0 Å². The lowest BCUT2D eigenvalue weighted by atomic mass is 10.1. The molecule has 0 bridgehead atoms. The second-order valence-electron chi connectivity index (χ2n) is 8.67. The van der Waals surface area contributed by atoms with Crippen molar-refractivity contribution in [2.75, 3.05) is 42.3 Å². The van der Waals surface area contributed by atoms with Gasteiger partial charge in [0.1, 0.15) is 17.3 Å². The first-order valence-corrected chi connectivity index (χ1v) is 12.5. The Morgan fingerprint density at radius 2 is 2.03 bits per heavy atom. The lowest BCUT2D eigenvalue weighted by Gasteiger charge is -2.29. The highest BCUT2D eigenvalue weighted by Gasteiger charge is 2.31. The Hall–Kier alpha value is -3.28. The van der Waals surface area contributed by atoms with Crippen molar-refractivity contribution in [2.24, 2.45) is 5.73 Å². The quantitative estimate of drug-likeness (QED) is 0.566. The van der Waals surface area contributed by atoms with Crippen LogP contribution >= 0.6 is 0 Å². The van der Waals surface area contributed by atoms with Crippen molar-refractivity contribution in [3.8, 4) is 5.75 Å². The molecule has 2 aromatic rings. The topological polar surface area (TPSA) is 145 Å². The zero-order chi connectivity index (χ0) is 24.3. The minimum absolute atomic E-state index is 0.0426. The molecule has 11 nitrogen and oxygen atoms in total. The van der Waals surface area contributed by atoms with Crippen molar-refractivity contribution in [2.45, 2.75) is 44.0 Å². The normalized spacial score (nSPS) is 17.7. The van der Waals surface area contributed by atoms with Gasteiger partial charge in [-0.1, -0.05) is 6.08 Å². The van der Waals surface area contributed by atoms with Crippen LogP contribution in [0.1, 0.15) is 38.7 Å². The van der Waals surface area contributed by atoms with Crippen LogP contribution in [0.5, 0.6) is 5.75 Å². The van der Waals surface area contributed by atoms with E-state index in [4.69, 9.17) is 25.2 Å². The third kappa shape index (κ3) is 5.44. The molecule has 1 unspecified atom stereocenters. The van der Waals surface area contributed by atoms with Gasteiger partial charge in [-0.05, 0) is 32.8 Å². The summed E-state index contributed by atoms with van der Waals surface area (Å²) in [4.78, 5) is 32.0. The summed E-state index contributed by atoms with van der Waals surface area (Å²) in [6.07, 6.45) is 5.96. The molecule has 2 aliphatic rings. The smallest absolute Gasteiger partial charge is 0.404 e. The molecule has 12 heteroatoms. The predicted molar refractivity (Wildman–Crippen MR) is 128 cm³/mol. The fraction of sp³-hybridized carbons (Fsp3) is 0.500. The van der Waals surface area contributed by atoms with Crippen LogP contribution in [-0.2, 0) is 22.0 Å². The van der Waals surface area contributed by atoms with Crippen molar-refractivity contribution in [1.29, 1.82) is 0 Å². The van der Waals surface area contributed by atoms with Gasteiger partial charge in [0, 0.05) is 25.3 Å². The lowest BCUT2D eigenvalue weighted by Crippen LogP contribution is -2.39. The van der Waals surface area contributed by atoms with Gasteiger partial charge >= 0.3 is 6.09 Å². The molecule has 2 aliphatic heterocycles. The average Bonchev–Trinajstić information content (AvgIpc) is 3.19. The van der Waals surface area contributed by atoms with E-state index in [9.17, 15) is 9.00 Å². The van der Waals surface area contributed by atoms with Crippen LogP contribution in [0.25, 0.3) is 5.57 Å². The number of amides is 1. The number of primary amides is 1. The third-order valence-corrected chi connectivity index (χ3v) is 6.89. The summed E-state index contributed by atoms with van der Waals surface area (Å²) in [5, 5.41) is 3.28. The van der Waals surface area contributed by atoms with E-state index in [1.165, 1.54) is 0 Å². The van der Waals surface area contributed by atoms with E-state index in [2.05, 4.69) is 26.3 Å². The number of nitrogens with two attached hydrogens (primary N) is 1. The number of carbonyl (C=O) groups excluding carboxylic acids is 1. The molecule has 0 radical (unpaired) electrons. The molecule has 1 amide bonds. The largest absolute Gasteiger partial charge is 0.491 e. The molecule has 0 aliphatic carbocycles. The molecule has 0 fully saturated rings. The molecule has 0 saturated heterocycles. The van der Waals surface area contributed by atoms with Gasteiger partial charge in [0.05, 0.1) is 41.0 Å². The highest BCUT2D eigenvalue weighted by molar-refractivity contribution is 7.85. The Labute approximate surface area is 200 Å². The summed E-state index contributed by atoms with van der Waals surface area (Å²) in [6, 6.07) is 0. The van der Waals surface area contributed by atoms with Crippen molar-refractivity contribution in [3.63, 3.8) is 0 Å². The maximum absolute atomic E-state index is 12.6. The number of nitrogens with zero attached hydrogens (tertiary/aromatic N) is 5. The molecular weight excluding hydrogens is 458 g/mol. The third-order valence-electron chi connectivity index (χ3n) is 5.43.